The van der Waals surface area contributed by atoms with Crippen LogP contribution in [0.4, 0.5) is 4.39 Å². The monoisotopic (exact) mass is 341 g/mol. The first-order chi connectivity index (χ1) is 12.0. The molecule has 2 aromatic rings. The van der Waals surface area contributed by atoms with Crippen LogP contribution in [0.3, 0.4) is 0 Å². The standard InChI is InChI=1S/C18H20FN5O/c1-11-16(18(25)22-14-4-3-7-24(2)10-14)23-17(21-11)12-5-6-13(9-20)15(19)8-12/h5-6,8,14H,3-4,7,10H2,1-2H3,(H,21,23)(H,22,25)/t14-/m1/s1. The molecule has 1 atom stereocenters. The summed E-state index contributed by atoms with van der Waals surface area (Å²) >= 11 is 0. The van der Waals surface area contributed by atoms with Gasteiger partial charge >= 0.3 is 0 Å². The molecule has 1 saturated heterocycles. The Morgan fingerprint density at radius 1 is 1.52 bits per heavy atom. The van der Waals surface area contributed by atoms with Gasteiger partial charge in [0.2, 0.25) is 0 Å². The van der Waals surface area contributed by atoms with E-state index in [0.29, 0.717) is 22.8 Å². The predicted octanol–water partition coefficient (Wildman–Crippen LogP) is 2.22. The Hall–Kier alpha value is -2.72. The number of aryl methyl sites for hydroxylation is 1. The Labute approximate surface area is 145 Å². The van der Waals surface area contributed by atoms with Crippen LogP contribution in [0.1, 0.15) is 34.6 Å². The third-order valence-electron chi connectivity index (χ3n) is 4.42. The summed E-state index contributed by atoms with van der Waals surface area (Å²) in [4.78, 5) is 22.1. The van der Waals surface area contributed by atoms with Crippen molar-refractivity contribution in [2.24, 2.45) is 0 Å². The molecule has 1 aliphatic rings. The lowest BCUT2D eigenvalue weighted by molar-refractivity contribution is 0.0907. The van der Waals surface area contributed by atoms with Crippen LogP contribution in [0, 0.1) is 24.1 Å². The van der Waals surface area contributed by atoms with Gasteiger partial charge in [0.1, 0.15) is 23.4 Å². The lowest BCUT2D eigenvalue weighted by Gasteiger charge is -2.30. The van der Waals surface area contributed by atoms with E-state index in [1.54, 1.807) is 19.1 Å². The smallest absolute Gasteiger partial charge is 0.272 e. The number of H-pyrrole nitrogens is 1. The molecule has 1 aromatic heterocycles. The second-order valence-corrected chi connectivity index (χ2v) is 6.44. The van der Waals surface area contributed by atoms with Gasteiger partial charge in [-0.15, -0.1) is 0 Å². The molecular weight excluding hydrogens is 321 g/mol. The number of piperidine rings is 1. The lowest BCUT2D eigenvalue weighted by Crippen LogP contribution is -2.46. The first-order valence-electron chi connectivity index (χ1n) is 8.24. The molecule has 1 aromatic carbocycles. The maximum absolute atomic E-state index is 13.8. The zero-order valence-electron chi connectivity index (χ0n) is 14.3. The molecular formula is C18H20FN5O. The summed E-state index contributed by atoms with van der Waals surface area (Å²) in [7, 11) is 2.04. The van der Waals surface area contributed by atoms with Gasteiger partial charge in [-0.2, -0.15) is 5.26 Å². The fourth-order valence-corrected chi connectivity index (χ4v) is 3.11. The van der Waals surface area contributed by atoms with Crippen LogP contribution < -0.4 is 5.32 Å². The van der Waals surface area contributed by atoms with Crippen molar-refractivity contribution in [2.45, 2.75) is 25.8 Å². The molecule has 0 saturated carbocycles. The van der Waals surface area contributed by atoms with Crippen molar-refractivity contribution in [2.75, 3.05) is 20.1 Å². The van der Waals surface area contributed by atoms with E-state index < -0.39 is 5.82 Å². The van der Waals surface area contributed by atoms with Gasteiger partial charge in [0.05, 0.1) is 5.56 Å². The largest absolute Gasteiger partial charge is 0.347 e. The van der Waals surface area contributed by atoms with Crippen molar-refractivity contribution in [1.82, 2.24) is 20.2 Å². The van der Waals surface area contributed by atoms with Crippen LogP contribution in [0.25, 0.3) is 11.4 Å². The number of imidazole rings is 1. The molecule has 0 aliphatic carbocycles. The summed E-state index contributed by atoms with van der Waals surface area (Å²) in [6.07, 6.45) is 2.00. The van der Waals surface area contributed by atoms with E-state index in [4.69, 9.17) is 5.26 Å². The summed E-state index contributed by atoms with van der Waals surface area (Å²) in [5.41, 5.74) is 1.41. The molecule has 130 valence electrons. The average Bonchev–Trinajstić information content (AvgIpc) is 2.97. The molecule has 1 aliphatic heterocycles. The number of halogens is 1. The predicted molar refractivity (Wildman–Crippen MR) is 91.4 cm³/mol. The van der Waals surface area contributed by atoms with Gasteiger partial charge in [0.25, 0.3) is 5.91 Å². The van der Waals surface area contributed by atoms with E-state index in [0.717, 1.165) is 25.9 Å². The van der Waals surface area contributed by atoms with Gasteiger partial charge < -0.3 is 15.2 Å². The third kappa shape index (κ3) is 3.69. The van der Waals surface area contributed by atoms with Crippen LogP contribution >= 0.6 is 0 Å². The van der Waals surface area contributed by atoms with Gasteiger partial charge in [0, 0.05) is 23.8 Å². The van der Waals surface area contributed by atoms with Crippen LogP contribution in [-0.2, 0) is 0 Å². The second-order valence-electron chi connectivity index (χ2n) is 6.44. The quantitative estimate of drug-likeness (QED) is 0.896. The van der Waals surface area contributed by atoms with Gasteiger partial charge in [-0.05, 0) is 51.6 Å². The van der Waals surface area contributed by atoms with E-state index in [-0.39, 0.29) is 17.5 Å². The maximum atomic E-state index is 13.8. The van der Waals surface area contributed by atoms with E-state index in [1.165, 1.54) is 12.1 Å². The third-order valence-corrected chi connectivity index (χ3v) is 4.42. The summed E-state index contributed by atoms with van der Waals surface area (Å²) in [6, 6.07) is 6.15. The van der Waals surface area contributed by atoms with Crippen molar-refractivity contribution >= 4 is 5.91 Å². The Kier molecular flexibility index (Phi) is 4.81. The fourth-order valence-electron chi connectivity index (χ4n) is 3.11. The van der Waals surface area contributed by atoms with Gasteiger partial charge in [-0.1, -0.05) is 0 Å². The van der Waals surface area contributed by atoms with Crippen LogP contribution in [0.5, 0.6) is 0 Å². The number of rotatable bonds is 3. The number of hydrogen-bond donors (Lipinski definition) is 2. The fraction of sp³-hybridized carbons (Fsp3) is 0.389. The molecule has 25 heavy (non-hydrogen) atoms. The number of hydrogen-bond acceptors (Lipinski definition) is 4. The summed E-state index contributed by atoms with van der Waals surface area (Å²) in [5, 5.41) is 11.8. The Bertz CT molecular complexity index is 838. The minimum Gasteiger partial charge on any atom is -0.347 e. The Morgan fingerprint density at radius 2 is 2.32 bits per heavy atom. The van der Waals surface area contributed by atoms with E-state index >= 15 is 0 Å². The molecule has 0 spiro atoms. The Balaban J connectivity index is 1.79. The molecule has 2 heterocycles. The Morgan fingerprint density at radius 3 is 3.00 bits per heavy atom. The summed E-state index contributed by atoms with van der Waals surface area (Å²) < 4.78 is 13.8. The highest BCUT2D eigenvalue weighted by molar-refractivity contribution is 5.94. The number of aromatic amines is 1. The van der Waals surface area contributed by atoms with Crippen molar-refractivity contribution in [3.8, 4) is 17.5 Å². The number of likely N-dealkylation sites (tertiary alicyclic amines) is 1. The highest BCUT2D eigenvalue weighted by atomic mass is 19.1. The van der Waals surface area contributed by atoms with Crippen molar-refractivity contribution < 1.29 is 9.18 Å². The zero-order valence-corrected chi connectivity index (χ0v) is 14.3. The molecule has 0 bridgehead atoms. The second kappa shape index (κ2) is 7.03. The average molecular weight is 341 g/mol. The van der Waals surface area contributed by atoms with E-state index in [2.05, 4.69) is 20.2 Å². The summed E-state index contributed by atoms with van der Waals surface area (Å²) in [5.74, 6) is -0.425. The molecule has 6 nitrogen and oxygen atoms in total. The molecule has 1 amide bonds. The first kappa shape index (κ1) is 17.1. The van der Waals surface area contributed by atoms with Gasteiger partial charge in [-0.25, -0.2) is 9.37 Å². The SMILES string of the molecule is Cc1[nH]c(-c2ccc(C#N)c(F)c2)nc1C(=O)N[C@@H]1CCCN(C)C1. The van der Waals surface area contributed by atoms with Crippen molar-refractivity contribution in [3.05, 3.63) is 41.0 Å². The molecule has 2 N–H and O–H groups in total. The van der Waals surface area contributed by atoms with E-state index in [1.807, 2.05) is 7.05 Å². The number of nitrogens with one attached hydrogen (secondary N) is 2. The number of benzene rings is 1. The normalized spacial score (nSPS) is 17.9. The number of carbonyl (C=O) groups is 1. The first-order valence-corrected chi connectivity index (χ1v) is 8.24. The summed E-state index contributed by atoms with van der Waals surface area (Å²) in [6.45, 7) is 3.63. The van der Waals surface area contributed by atoms with Crippen LogP contribution in [-0.4, -0.2) is 47.0 Å². The van der Waals surface area contributed by atoms with Crippen molar-refractivity contribution in [1.29, 1.82) is 5.26 Å². The van der Waals surface area contributed by atoms with Crippen LogP contribution in [0.15, 0.2) is 18.2 Å². The van der Waals surface area contributed by atoms with Gasteiger partial charge in [-0.3, -0.25) is 4.79 Å². The minimum absolute atomic E-state index is 0.0218. The minimum atomic E-state index is -0.606. The molecule has 0 unspecified atom stereocenters. The zero-order chi connectivity index (χ0) is 18.0. The number of nitriles is 1. The van der Waals surface area contributed by atoms with Crippen molar-refractivity contribution in [3.63, 3.8) is 0 Å². The van der Waals surface area contributed by atoms with Gasteiger partial charge in [0.15, 0.2) is 0 Å². The number of aromatic nitrogens is 2. The molecule has 0 radical (unpaired) electrons. The molecule has 1 fully saturated rings. The maximum Gasteiger partial charge on any atom is 0.272 e. The molecule has 7 heteroatoms. The number of amides is 1. The number of nitrogens with zero attached hydrogens (tertiary/aromatic N) is 3. The number of likely N-dealkylation sites (N-methyl/N-ethyl adjacent to an activating group) is 1. The van der Waals surface area contributed by atoms with Crippen LogP contribution in [0.2, 0.25) is 0 Å². The molecule has 3 rings (SSSR count). The highest BCUT2D eigenvalue weighted by Crippen LogP contribution is 2.21. The highest BCUT2D eigenvalue weighted by Gasteiger charge is 2.22. The lowest BCUT2D eigenvalue weighted by atomic mass is 10.1. The number of carbonyl (C=O) groups excluding carboxylic acids is 1. The van der Waals surface area contributed by atoms with E-state index in [9.17, 15) is 9.18 Å². The topological polar surface area (TPSA) is 84.8 Å².